The molecule has 1 atom stereocenters. The zero-order valence-corrected chi connectivity index (χ0v) is 17.3. The first-order chi connectivity index (χ1) is 14.6. The Hall–Kier alpha value is -2.45. The fraction of sp³-hybridized carbons (Fsp3) is 0.545. The molecule has 1 amide bonds. The van der Waals surface area contributed by atoms with Crippen molar-refractivity contribution in [3.8, 4) is 5.75 Å². The van der Waals surface area contributed by atoms with Crippen LogP contribution in [0.2, 0.25) is 0 Å². The Morgan fingerprint density at radius 3 is 2.70 bits per heavy atom. The van der Waals surface area contributed by atoms with E-state index < -0.39 is 0 Å². The number of ether oxygens (including phenoxy) is 2. The minimum atomic E-state index is -0.298. The highest BCUT2D eigenvalue weighted by Gasteiger charge is 2.34. The minimum Gasteiger partial charge on any atom is -0.491 e. The van der Waals surface area contributed by atoms with Crippen LogP contribution in [0.15, 0.2) is 34.9 Å². The molecule has 0 radical (unpaired) electrons. The van der Waals surface area contributed by atoms with E-state index in [9.17, 15) is 9.18 Å². The predicted molar refractivity (Wildman–Crippen MR) is 108 cm³/mol. The molecular weight excluding hydrogens is 389 g/mol. The second-order valence-electron chi connectivity index (χ2n) is 7.89. The first kappa shape index (κ1) is 20.8. The number of carbonyl (C=O) groups excluding carboxylic acids is 1. The number of rotatable bonds is 7. The highest BCUT2D eigenvalue weighted by atomic mass is 19.1. The molecule has 1 aromatic heterocycles. The predicted octanol–water partition coefficient (Wildman–Crippen LogP) is 2.65. The molecule has 0 spiro atoms. The molecule has 0 saturated carbocycles. The number of nitrogens with zero attached hydrogens (tertiary/aromatic N) is 3. The van der Waals surface area contributed by atoms with Crippen LogP contribution in [0.1, 0.15) is 31.2 Å². The molecule has 162 valence electrons. The van der Waals surface area contributed by atoms with Gasteiger partial charge in [0.25, 0.3) is 0 Å². The van der Waals surface area contributed by atoms with Crippen molar-refractivity contribution in [2.45, 2.75) is 44.9 Å². The molecule has 2 aromatic rings. The third-order valence-corrected chi connectivity index (χ3v) is 5.76. The summed E-state index contributed by atoms with van der Waals surface area (Å²) >= 11 is 0. The van der Waals surface area contributed by atoms with Crippen molar-refractivity contribution in [3.05, 3.63) is 47.6 Å². The second kappa shape index (κ2) is 9.57. The Morgan fingerprint density at radius 1 is 1.23 bits per heavy atom. The van der Waals surface area contributed by atoms with Gasteiger partial charge in [-0.2, -0.15) is 0 Å². The van der Waals surface area contributed by atoms with Crippen molar-refractivity contribution in [2.24, 2.45) is 0 Å². The summed E-state index contributed by atoms with van der Waals surface area (Å²) in [6.07, 6.45) is 2.53. The average molecular weight is 417 g/mol. The molecule has 3 heterocycles. The smallest absolute Gasteiger partial charge is 0.248 e. The average Bonchev–Trinajstić information content (AvgIpc) is 3.22. The van der Waals surface area contributed by atoms with Crippen molar-refractivity contribution in [2.75, 3.05) is 32.8 Å². The van der Waals surface area contributed by atoms with Gasteiger partial charge in [0.05, 0.1) is 18.8 Å². The maximum absolute atomic E-state index is 13.0. The molecule has 30 heavy (non-hydrogen) atoms. The normalized spacial score (nSPS) is 21.2. The van der Waals surface area contributed by atoms with Gasteiger partial charge in [-0.25, -0.2) is 4.39 Å². The summed E-state index contributed by atoms with van der Waals surface area (Å²) in [4.78, 5) is 16.7. The van der Waals surface area contributed by atoms with Gasteiger partial charge in [0.2, 0.25) is 5.91 Å². The lowest BCUT2D eigenvalue weighted by atomic mass is 10.0. The number of aryl methyl sites for hydroxylation is 1. The minimum absolute atomic E-state index is 0.0364. The molecule has 2 fully saturated rings. The van der Waals surface area contributed by atoms with Crippen LogP contribution >= 0.6 is 0 Å². The molecule has 2 aliphatic rings. The third-order valence-electron chi connectivity index (χ3n) is 5.76. The number of amides is 1. The van der Waals surface area contributed by atoms with Gasteiger partial charge in [0, 0.05) is 25.2 Å². The summed E-state index contributed by atoms with van der Waals surface area (Å²) in [6.45, 7) is 5.57. The maximum atomic E-state index is 13.0. The van der Waals surface area contributed by atoms with E-state index in [4.69, 9.17) is 14.0 Å². The van der Waals surface area contributed by atoms with Gasteiger partial charge < -0.3 is 18.9 Å². The van der Waals surface area contributed by atoms with Gasteiger partial charge >= 0.3 is 0 Å². The summed E-state index contributed by atoms with van der Waals surface area (Å²) in [7, 11) is 0. The molecule has 7 nitrogen and oxygen atoms in total. The molecule has 0 N–H and O–H groups in total. The molecule has 8 heteroatoms. The number of benzene rings is 1. The van der Waals surface area contributed by atoms with Crippen LogP contribution in [0, 0.1) is 5.82 Å². The van der Waals surface area contributed by atoms with Crippen LogP contribution in [-0.4, -0.2) is 65.9 Å². The van der Waals surface area contributed by atoms with E-state index in [-0.39, 0.29) is 30.5 Å². The van der Waals surface area contributed by atoms with Crippen molar-refractivity contribution in [1.82, 2.24) is 15.0 Å². The molecule has 4 rings (SSSR count). The van der Waals surface area contributed by atoms with Gasteiger partial charge in [-0.15, -0.1) is 0 Å². The van der Waals surface area contributed by atoms with Gasteiger partial charge in [0.1, 0.15) is 30.9 Å². The van der Waals surface area contributed by atoms with E-state index in [2.05, 4.69) is 17.0 Å². The highest BCUT2D eigenvalue weighted by molar-refractivity contribution is 5.78. The lowest BCUT2D eigenvalue weighted by Crippen LogP contribution is -2.55. The van der Waals surface area contributed by atoms with Crippen molar-refractivity contribution in [3.63, 3.8) is 0 Å². The lowest BCUT2D eigenvalue weighted by Gasteiger charge is -2.41. The van der Waals surface area contributed by atoms with E-state index >= 15 is 0 Å². The lowest BCUT2D eigenvalue weighted by molar-refractivity contribution is -0.155. The molecule has 2 saturated heterocycles. The van der Waals surface area contributed by atoms with E-state index in [0.29, 0.717) is 18.9 Å². The maximum Gasteiger partial charge on any atom is 0.248 e. The Labute approximate surface area is 175 Å². The van der Waals surface area contributed by atoms with Crippen LogP contribution in [0.25, 0.3) is 0 Å². The standard InChI is InChI=1S/C22H28FN3O4/c1-2-17-11-20(30-24-17)12-25-9-7-18(8-10-25)26-13-21(29-15-22(26)27)14-28-19-5-3-16(23)4-6-19/h3-6,11,18,21H,2,7-10,12-15H2,1H3. The van der Waals surface area contributed by atoms with E-state index in [1.54, 1.807) is 12.1 Å². The topological polar surface area (TPSA) is 68.0 Å². The summed E-state index contributed by atoms with van der Waals surface area (Å²) in [6, 6.07) is 8.14. The largest absolute Gasteiger partial charge is 0.491 e. The number of halogens is 1. The van der Waals surface area contributed by atoms with Crippen LogP contribution in [0.5, 0.6) is 5.75 Å². The molecule has 1 aromatic carbocycles. The highest BCUT2D eigenvalue weighted by Crippen LogP contribution is 2.22. The molecule has 2 aliphatic heterocycles. The number of morpholine rings is 1. The SMILES string of the molecule is CCc1cc(CN2CCC(N3CC(COc4ccc(F)cc4)OCC3=O)CC2)on1. The first-order valence-electron chi connectivity index (χ1n) is 10.6. The van der Waals surface area contributed by atoms with E-state index in [1.807, 2.05) is 11.0 Å². The number of aromatic nitrogens is 1. The Balaban J connectivity index is 1.25. The van der Waals surface area contributed by atoms with Gasteiger partial charge in [-0.05, 0) is 43.5 Å². The number of carbonyl (C=O) groups is 1. The second-order valence-corrected chi connectivity index (χ2v) is 7.89. The van der Waals surface area contributed by atoms with Crippen LogP contribution < -0.4 is 4.74 Å². The van der Waals surface area contributed by atoms with Gasteiger partial charge in [-0.1, -0.05) is 12.1 Å². The van der Waals surface area contributed by atoms with E-state index in [1.165, 1.54) is 12.1 Å². The number of likely N-dealkylation sites (tertiary alicyclic amines) is 1. The summed E-state index contributed by atoms with van der Waals surface area (Å²) in [5.41, 5.74) is 0.979. The van der Waals surface area contributed by atoms with Crippen molar-refractivity contribution in [1.29, 1.82) is 0 Å². The third kappa shape index (κ3) is 5.17. The fourth-order valence-electron chi connectivity index (χ4n) is 4.03. The molecular formula is C22H28FN3O4. The number of hydrogen-bond acceptors (Lipinski definition) is 6. The van der Waals surface area contributed by atoms with Crippen LogP contribution in [0.3, 0.4) is 0 Å². The summed E-state index contributed by atoms with van der Waals surface area (Å²) < 4.78 is 29.8. The molecule has 1 unspecified atom stereocenters. The fourth-order valence-corrected chi connectivity index (χ4v) is 4.03. The zero-order chi connectivity index (χ0) is 20.9. The van der Waals surface area contributed by atoms with Crippen molar-refractivity contribution >= 4 is 5.91 Å². The van der Waals surface area contributed by atoms with Crippen molar-refractivity contribution < 1.29 is 23.2 Å². The van der Waals surface area contributed by atoms with Gasteiger partial charge in [-0.3, -0.25) is 9.69 Å². The number of hydrogen-bond donors (Lipinski definition) is 0. The quantitative estimate of drug-likeness (QED) is 0.690. The van der Waals surface area contributed by atoms with E-state index in [0.717, 1.165) is 50.4 Å². The summed E-state index contributed by atoms with van der Waals surface area (Å²) in [5, 5.41) is 4.05. The Morgan fingerprint density at radius 2 is 2.00 bits per heavy atom. The Bertz CT molecular complexity index is 833. The van der Waals surface area contributed by atoms with Gasteiger partial charge in [0.15, 0.2) is 5.76 Å². The summed E-state index contributed by atoms with van der Waals surface area (Å²) in [5.74, 6) is 1.23. The zero-order valence-electron chi connectivity index (χ0n) is 17.3. The van der Waals surface area contributed by atoms with Crippen LogP contribution in [-0.2, 0) is 22.5 Å². The first-order valence-corrected chi connectivity index (χ1v) is 10.6. The monoisotopic (exact) mass is 417 g/mol. The Kier molecular flexibility index (Phi) is 6.64. The van der Waals surface area contributed by atoms with Crippen LogP contribution in [0.4, 0.5) is 4.39 Å². The molecule has 0 bridgehead atoms. The molecule has 0 aliphatic carbocycles. The number of piperidine rings is 1.